The Bertz CT molecular complexity index is 541. The number of thiocarbonyl (C=S) groups is 1. The van der Waals surface area contributed by atoms with Crippen LogP contribution >= 0.6 is 12.2 Å². The van der Waals surface area contributed by atoms with Crippen molar-refractivity contribution < 1.29 is 9.50 Å². The SMILES string of the molecule is N#CC(C(=S)Nc1ccc(F)cc1)=C(O)C1CC1. The molecule has 0 aliphatic heterocycles. The number of hydrogen-bond donors (Lipinski definition) is 2. The topological polar surface area (TPSA) is 56.0 Å². The second-order valence-corrected chi connectivity index (χ2v) is 4.52. The van der Waals surface area contributed by atoms with Gasteiger partial charge in [0.15, 0.2) is 0 Å². The van der Waals surface area contributed by atoms with E-state index in [2.05, 4.69) is 5.32 Å². The number of rotatable bonds is 3. The summed E-state index contributed by atoms with van der Waals surface area (Å²) >= 11 is 5.07. The molecule has 0 atom stereocenters. The molecule has 92 valence electrons. The van der Waals surface area contributed by atoms with Gasteiger partial charge < -0.3 is 10.4 Å². The minimum absolute atomic E-state index is 0.0529. The molecule has 1 saturated carbocycles. The molecule has 1 aliphatic rings. The Morgan fingerprint density at radius 3 is 2.50 bits per heavy atom. The van der Waals surface area contributed by atoms with Crippen LogP contribution in [-0.2, 0) is 0 Å². The third-order valence-corrected chi connectivity index (χ3v) is 2.97. The highest BCUT2D eigenvalue weighted by Gasteiger charge is 2.29. The van der Waals surface area contributed by atoms with Gasteiger partial charge in [0, 0.05) is 11.6 Å². The minimum atomic E-state index is -0.344. The molecule has 3 nitrogen and oxygen atoms in total. The van der Waals surface area contributed by atoms with Crippen molar-refractivity contribution in [3.63, 3.8) is 0 Å². The zero-order valence-electron chi connectivity index (χ0n) is 9.48. The van der Waals surface area contributed by atoms with Crippen LogP contribution in [0.2, 0.25) is 0 Å². The summed E-state index contributed by atoms with van der Waals surface area (Å²) in [5.41, 5.74) is 0.676. The summed E-state index contributed by atoms with van der Waals surface area (Å²) in [6.07, 6.45) is 1.77. The molecule has 0 heterocycles. The maximum Gasteiger partial charge on any atom is 0.125 e. The number of nitriles is 1. The highest BCUT2D eigenvalue weighted by molar-refractivity contribution is 7.81. The van der Waals surface area contributed by atoms with E-state index in [4.69, 9.17) is 17.5 Å². The van der Waals surface area contributed by atoms with Crippen molar-refractivity contribution >= 4 is 22.9 Å². The Morgan fingerprint density at radius 1 is 1.39 bits per heavy atom. The molecule has 0 saturated heterocycles. The van der Waals surface area contributed by atoms with Crippen LogP contribution in [0.4, 0.5) is 10.1 Å². The van der Waals surface area contributed by atoms with Gasteiger partial charge in [-0.15, -0.1) is 0 Å². The van der Waals surface area contributed by atoms with Crippen LogP contribution in [0.5, 0.6) is 0 Å². The lowest BCUT2D eigenvalue weighted by Crippen LogP contribution is -2.13. The minimum Gasteiger partial charge on any atom is -0.511 e. The summed E-state index contributed by atoms with van der Waals surface area (Å²) in [6.45, 7) is 0. The van der Waals surface area contributed by atoms with E-state index in [1.807, 2.05) is 6.07 Å². The van der Waals surface area contributed by atoms with Crippen molar-refractivity contribution in [2.24, 2.45) is 5.92 Å². The van der Waals surface area contributed by atoms with Crippen LogP contribution in [0, 0.1) is 23.1 Å². The molecule has 0 amide bonds. The summed E-state index contributed by atoms with van der Waals surface area (Å²) in [6, 6.07) is 7.53. The first-order valence-electron chi connectivity index (χ1n) is 5.52. The summed E-state index contributed by atoms with van der Waals surface area (Å²) in [5.74, 6) is -0.229. The summed E-state index contributed by atoms with van der Waals surface area (Å²) in [4.78, 5) is 0.161. The van der Waals surface area contributed by atoms with E-state index >= 15 is 0 Å². The van der Waals surface area contributed by atoms with Crippen LogP contribution in [0.15, 0.2) is 35.6 Å². The Morgan fingerprint density at radius 2 is 2.00 bits per heavy atom. The number of benzene rings is 1. The normalized spacial score (nSPS) is 15.6. The van der Waals surface area contributed by atoms with Gasteiger partial charge in [-0.25, -0.2) is 4.39 Å². The molecule has 0 spiro atoms. The molecule has 1 fully saturated rings. The van der Waals surface area contributed by atoms with E-state index in [1.54, 1.807) is 0 Å². The number of halogens is 1. The molecule has 0 unspecified atom stereocenters. The Labute approximate surface area is 110 Å². The van der Waals surface area contributed by atoms with Crippen molar-refractivity contribution in [3.05, 3.63) is 41.4 Å². The van der Waals surface area contributed by atoms with Gasteiger partial charge in [0.25, 0.3) is 0 Å². The average Bonchev–Trinajstić information content (AvgIpc) is 3.17. The van der Waals surface area contributed by atoms with E-state index in [0.29, 0.717) is 5.69 Å². The predicted molar refractivity (Wildman–Crippen MR) is 70.6 cm³/mol. The van der Waals surface area contributed by atoms with Gasteiger partial charge in [0.05, 0.1) is 0 Å². The number of nitrogens with zero attached hydrogens (tertiary/aromatic N) is 1. The number of anilines is 1. The van der Waals surface area contributed by atoms with Crippen LogP contribution in [-0.4, -0.2) is 10.1 Å². The first-order valence-corrected chi connectivity index (χ1v) is 5.93. The molecular weight excluding hydrogens is 251 g/mol. The Hall–Kier alpha value is -1.93. The van der Waals surface area contributed by atoms with Crippen LogP contribution in [0.1, 0.15) is 12.8 Å². The summed E-state index contributed by atoms with van der Waals surface area (Å²) in [5, 5.41) is 21.6. The molecule has 0 radical (unpaired) electrons. The van der Waals surface area contributed by atoms with Crippen LogP contribution in [0.3, 0.4) is 0 Å². The van der Waals surface area contributed by atoms with Gasteiger partial charge in [-0.3, -0.25) is 0 Å². The first-order chi connectivity index (χ1) is 8.61. The van der Waals surface area contributed by atoms with Crippen LogP contribution in [0.25, 0.3) is 0 Å². The van der Waals surface area contributed by atoms with E-state index in [1.165, 1.54) is 24.3 Å². The monoisotopic (exact) mass is 262 g/mol. The van der Waals surface area contributed by atoms with Crippen molar-refractivity contribution in [1.29, 1.82) is 5.26 Å². The molecule has 2 N–H and O–H groups in total. The summed E-state index contributed by atoms with van der Waals surface area (Å²) in [7, 11) is 0. The number of aliphatic hydroxyl groups excluding tert-OH is 1. The van der Waals surface area contributed by atoms with Crippen molar-refractivity contribution in [1.82, 2.24) is 0 Å². The highest BCUT2D eigenvalue weighted by Crippen LogP contribution is 2.36. The molecule has 0 aromatic heterocycles. The highest BCUT2D eigenvalue weighted by atomic mass is 32.1. The average molecular weight is 262 g/mol. The fraction of sp³-hybridized carbons (Fsp3) is 0.231. The van der Waals surface area contributed by atoms with Gasteiger partial charge in [-0.05, 0) is 37.1 Å². The maximum absolute atomic E-state index is 12.7. The standard InChI is InChI=1S/C13H11FN2OS/c14-9-3-5-10(6-4-9)16-13(18)11(7-15)12(17)8-1-2-8/h3-6,8,17H,1-2H2,(H,16,18). The third kappa shape index (κ3) is 2.84. The quantitative estimate of drug-likeness (QED) is 0.380. The Balaban J connectivity index is 2.14. The van der Waals surface area contributed by atoms with Gasteiger partial charge in [0.1, 0.15) is 28.2 Å². The van der Waals surface area contributed by atoms with Gasteiger partial charge >= 0.3 is 0 Å². The van der Waals surface area contributed by atoms with Crippen LogP contribution < -0.4 is 5.32 Å². The largest absolute Gasteiger partial charge is 0.511 e. The lowest BCUT2D eigenvalue weighted by Gasteiger charge is -2.08. The maximum atomic E-state index is 12.7. The lowest BCUT2D eigenvalue weighted by atomic mass is 10.2. The number of allylic oxidation sites excluding steroid dienone is 1. The van der Waals surface area contributed by atoms with E-state index in [0.717, 1.165) is 12.8 Å². The zero-order valence-corrected chi connectivity index (χ0v) is 10.3. The molecule has 1 aliphatic carbocycles. The van der Waals surface area contributed by atoms with E-state index in [-0.39, 0.29) is 28.1 Å². The van der Waals surface area contributed by atoms with E-state index < -0.39 is 0 Å². The molecule has 18 heavy (non-hydrogen) atoms. The lowest BCUT2D eigenvalue weighted by molar-refractivity contribution is 0.377. The third-order valence-electron chi connectivity index (χ3n) is 2.66. The number of aliphatic hydroxyl groups is 1. The smallest absolute Gasteiger partial charge is 0.125 e. The first kappa shape index (κ1) is 12.5. The number of hydrogen-bond acceptors (Lipinski definition) is 3. The van der Waals surface area contributed by atoms with Crippen molar-refractivity contribution in [2.75, 3.05) is 5.32 Å². The zero-order chi connectivity index (χ0) is 13.1. The Kier molecular flexibility index (Phi) is 3.58. The molecular formula is C13H11FN2OS. The van der Waals surface area contributed by atoms with E-state index in [9.17, 15) is 9.50 Å². The second-order valence-electron chi connectivity index (χ2n) is 4.11. The molecule has 2 rings (SSSR count). The van der Waals surface area contributed by atoms with Crippen molar-refractivity contribution in [2.45, 2.75) is 12.8 Å². The predicted octanol–water partition coefficient (Wildman–Crippen LogP) is 3.31. The van der Waals surface area contributed by atoms with Gasteiger partial charge in [0.2, 0.25) is 0 Å². The fourth-order valence-electron chi connectivity index (χ4n) is 1.51. The molecule has 1 aromatic rings. The second kappa shape index (κ2) is 5.15. The van der Waals surface area contributed by atoms with Gasteiger partial charge in [-0.2, -0.15) is 5.26 Å². The van der Waals surface area contributed by atoms with Gasteiger partial charge in [-0.1, -0.05) is 12.2 Å². The summed E-state index contributed by atoms with van der Waals surface area (Å²) < 4.78 is 12.7. The molecule has 1 aromatic carbocycles. The number of nitrogens with one attached hydrogen (secondary N) is 1. The fourth-order valence-corrected chi connectivity index (χ4v) is 1.78. The molecule has 0 bridgehead atoms. The van der Waals surface area contributed by atoms with Crippen molar-refractivity contribution in [3.8, 4) is 6.07 Å². The molecule has 5 heteroatoms.